The van der Waals surface area contributed by atoms with Crippen LogP contribution in [-0.2, 0) is 22.1 Å². The van der Waals surface area contributed by atoms with Crippen LogP contribution >= 0.6 is 12.2 Å². The topological polar surface area (TPSA) is 58.2 Å². The molecule has 0 bridgehead atoms. The number of hydrogen-bond donors (Lipinski definition) is 2. The molecule has 2 aromatic carbocycles. The lowest BCUT2D eigenvalue weighted by molar-refractivity contribution is 0.483. The van der Waals surface area contributed by atoms with Crippen molar-refractivity contribution in [1.82, 2.24) is 5.32 Å². The van der Waals surface area contributed by atoms with Gasteiger partial charge in [-0.1, -0.05) is 61.7 Å². The Labute approximate surface area is 167 Å². The standard InChI is InChI=1S/C21H26N2O2S2/c24-27(25,20-12-5-2-6-13-20)16-18-10-7-11-19(14-18)23-21(26)22-15-17-8-3-1-4-9-17/h1,3-4,7-11,14,20H,2,5-6,12-13,15-16H2,(H2,22,23,26). The fraction of sp³-hybridized carbons (Fsp3) is 0.381. The van der Waals surface area contributed by atoms with Crippen molar-refractivity contribution in [1.29, 1.82) is 0 Å². The third-order valence-electron chi connectivity index (χ3n) is 4.91. The normalized spacial score (nSPS) is 15.3. The van der Waals surface area contributed by atoms with Gasteiger partial charge in [0.15, 0.2) is 14.9 Å². The Bertz CT molecular complexity index is 861. The van der Waals surface area contributed by atoms with Crippen LogP contribution in [0.3, 0.4) is 0 Å². The van der Waals surface area contributed by atoms with Crippen LogP contribution in [0, 0.1) is 0 Å². The zero-order valence-corrected chi connectivity index (χ0v) is 17.0. The molecule has 0 amide bonds. The zero-order valence-electron chi connectivity index (χ0n) is 15.4. The highest BCUT2D eigenvalue weighted by atomic mass is 32.2. The van der Waals surface area contributed by atoms with Gasteiger partial charge in [0.05, 0.1) is 11.0 Å². The van der Waals surface area contributed by atoms with E-state index in [9.17, 15) is 8.42 Å². The molecule has 1 aliphatic carbocycles. The molecule has 144 valence electrons. The van der Waals surface area contributed by atoms with E-state index in [1.165, 1.54) is 0 Å². The zero-order chi connectivity index (χ0) is 19.1. The molecule has 6 heteroatoms. The van der Waals surface area contributed by atoms with E-state index < -0.39 is 9.84 Å². The first-order chi connectivity index (χ1) is 13.0. The van der Waals surface area contributed by atoms with Crippen LogP contribution in [-0.4, -0.2) is 18.8 Å². The van der Waals surface area contributed by atoms with E-state index in [1.54, 1.807) is 0 Å². The van der Waals surface area contributed by atoms with Crippen LogP contribution in [0.25, 0.3) is 0 Å². The van der Waals surface area contributed by atoms with Gasteiger partial charge in [-0.05, 0) is 48.3 Å². The lowest BCUT2D eigenvalue weighted by Gasteiger charge is -2.21. The molecule has 2 aromatic rings. The number of hydrogen-bond acceptors (Lipinski definition) is 3. The Morgan fingerprint density at radius 2 is 1.67 bits per heavy atom. The predicted octanol–water partition coefficient (Wildman–Crippen LogP) is 4.42. The second kappa shape index (κ2) is 9.33. The van der Waals surface area contributed by atoms with E-state index in [2.05, 4.69) is 10.6 Å². The molecule has 27 heavy (non-hydrogen) atoms. The molecule has 4 nitrogen and oxygen atoms in total. The molecule has 0 aromatic heterocycles. The molecule has 2 N–H and O–H groups in total. The van der Waals surface area contributed by atoms with Gasteiger partial charge >= 0.3 is 0 Å². The van der Waals surface area contributed by atoms with Gasteiger partial charge < -0.3 is 10.6 Å². The number of thiocarbonyl (C=S) groups is 1. The average molecular weight is 403 g/mol. The molecule has 0 spiro atoms. The second-order valence-electron chi connectivity index (χ2n) is 7.06. The Hall–Kier alpha value is -1.92. The van der Waals surface area contributed by atoms with Crippen molar-refractivity contribution in [3.63, 3.8) is 0 Å². The van der Waals surface area contributed by atoms with Gasteiger partial charge in [0.25, 0.3) is 0 Å². The maximum Gasteiger partial charge on any atom is 0.171 e. The number of benzene rings is 2. The number of sulfone groups is 1. The van der Waals surface area contributed by atoms with Crippen LogP contribution < -0.4 is 10.6 Å². The maximum atomic E-state index is 12.7. The molecular formula is C21H26N2O2S2. The molecule has 1 saturated carbocycles. The summed E-state index contributed by atoms with van der Waals surface area (Å²) in [5, 5.41) is 6.65. The summed E-state index contributed by atoms with van der Waals surface area (Å²) in [7, 11) is -3.10. The van der Waals surface area contributed by atoms with E-state index in [-0.39, 0.29) is 11.0 Å². The van der Waals surface area contributed by atoms with Crippen molar-refractivity contribution < 1.29 is 8.42 Å². The summed E-state index contributed by atoms with van der Waals surface area (Å²) in [5.74, 6) is 0.0946. The Balaban J connectivity index is 1.57. The largest absolute Gasteiger partial charge is 0.358 e. The van der Waals surface area contributed by atoms with Crippen molar-refractivity contribution in [2.75, 3.05) is 5.32 Å². The Morgan fingerprint density at radius 1 is 0.963 bits per heavy atom. The van der Waals surface area contributed by atoms with Crippen molar-refractivity contribution in [3.8, 4) is 0 Å². The quantitative estimate of drug-likeness (QED) is 0.701. The second-order valence-corrected chi connectivity index (χ2v) is 9.75. The van der Waals surface area contributed by atoms with Gasteiger partial charge in [0.2, 0.25) is 0 Å². The van der Waals surface area contributed by atoms with Crippen LogP contribution in [0.5, 0.6) is 0 Å². The molecule has 0 radical (unpaired) electrons. The molecule has 0 atom stereocenters. The van der Waals surface area contributed by atoms with E-state index in [0.29, 0.717) is 11.7 Å². The first-order valence-electron chi connectivity index (χ1n) is 9.42. The molecule has 0 unspecified atom stereocenters. The molecule has 0 heterocycles. The van der Waals surface area contributed by atoms with Crippen molar-refractivity contribution in [2.45, 2.75) is 49.7 Å². The summed E-state index contributed by atoms with van der Waals surface area (Å²) in [5.41, 5.74) is 2.75. The van der Waals surface area contributed by atoms with Gasteiger partial charge in [-0.25, -0.2) is 8.42 Å². The first-order valence-corrected chi connectivity index (χ1v) is 11.5. The predicted molar refractivity (Wildman–Crippen MR) is 115 cm³/mol. The monoisotopic (exact) mass is 402 g/mol. The van der Waals surface area contributed by atoms with Crippen LogP contribution in [0.2, 0.25) is 0 Å². The third kappa shape index (κ3) is 6.04. The fourth-order valence-electron chi connectivity index (χ4n) is 3.47. The first kappa shape index (κ1) is 19.8. The van der Waals surface area contributed by atoms with E-state index in [4.69, 9.17) is 12.2 Å². The van der Waals surface area contributed by atoms with Gasteiger partial charge in [-0.2, -0.15) is 0 Å². The molecule has 3 rings (SSSR count). The van der Waals surface area contributed by atoms with Crippen molar-refractivity contribution in [3.05, 3.63) is 65.7 Å². The highest BCUT2D eigenvalue weighted by Gasteiger charge is 2.27. The molecule has 1 aliphatic rings. The molecule has 1 fully saturated rings. The van der Waals surface area contributed by atoms with Gasteiger partial charge in [0.1, 0.15) is 0 Å². The van der Waals surface area contributed by atoms with Gasteiger partial charge in [-0.3, -0.25) is 0 Å². The van der Waals surface area contributed by atoms with Crippen LogP contribution in [0.4, 0.5) is 5.69 Å². The van der Waals surface area contributed by atoms with E-state index >= 15 is 0 Å². The summed E-state index contributed by atoms with van der Waals surface area (Å²) in [6.45, 7) is 0.641. The van der Waals surface area contributed by atoms with Gasteiger partial charge in [0, 0.05) is 12.2 Å². The average Bonchev–Trinajstić information content (AvgIpc) is 2.68. The van der Waals surface area contributed by atoms with Gasteiger partial charge in [-0.15, -0.1) is 0 Å². The minimum absolute atomic E-state index is 0.0946. The Kier molecular flexibility index (Phi) is 6.85. The third-order valence-corrected chi connectivity index (χ3v) is 7.38. The summed E-state index contributed by atoms with van der Waals surface area (Å²) in [4.78, 5) is 0. The number of anilines is 1. The highest BCUT2D eigenvalue weighted by molar-refractivity contribution is 7.91. The summed E-state index contributed by atoms with van der Waals surface area (Å²) >= 11 is 5.35. The van der Waals surface area contributed by atoms with E-state index in [1.807, 2.05) is 54.6 Å². The summed E-state index contributed by atoms with van der Waals surface area (Å²) < 4.78 is 25.4. The molecule has 0 aliphatic heterocycles. The minimum Gasteiger partial charge on any atom is -0.358 e. The smallest absolute Gasteiger partial charge is 0.171 e. The minimum atomic E-state index is -3.10. The van der Waals surface area contributed by atoms with Crippen LogP contribution in [0.1, 0.15) is 43.2 Å². The number of rotatable bonds is 6. The molecular weight excluding hydrogens is 376 g/mol. The fourth-order valence-corrected chi connectivity index (χ4v) is 5.59. The van der Waals surface area contributed by atoms with E-state index in [0.717, 1.165) is 48.9 Å². The lowest BCUT2D eigenvalue weighted by Crippen LogP contribution is -2.28. The van der Waals surface area contributed by atoms with Crippen molar-refractivity contribution in [2.24, 2.45) is 0 Å². The summed E-state index contributed by atoms with van der Waals surface area (Å²) in [6.07, 6.45) is 4.79. The number of nitrogens with one attached hydrogen (secondary N) is 2. The highest BCUT2D eigenvalue weighted by Crippen LogP contribution is 2.26. The SMILES string of the molecule is O=S(=O)(Cc1cccc(NC(=S)NCc2ccccc2)c1)C1CCCCC1. The summed E-state index contributed by atoms with van der Waals surface area (Å²) in [6, 6.07) is 17.5. The van der Waals surface area contributed by atoms with Crippen LogP contribution in [0.15, 0.2) is 54.6 Å². The van der Waals surface area contributed by atoms with Crippen molar-refractivity contribution >= 4 is 32.9 Å². The Morgan fingerprint density at radius 3 is 2.41 bits per heavy atom. The molecule has 0 saturated heterocycles. The lowest BCUT2D eigenvalue weighted by atomic mass is 10.0. The maximum absolute atomic E-state index is 12.7.